The third kappa shape index (κ3) is 2.20. The molecule has 0 unspecified atom stereocenters. The molecule has 0 radical (unpaired) electrons. The van der Waals surface area contributed by atoms with E-state index in [1.165, 1.54) is 32.6 Å². The van der Waals surface area contributed by atoms with Crippen molar-refractivity contribution in [2.75, 3.05) is 26.0 Å². The van der Waals surface area contributed by atoms with Crippen molar-refractivity contribution in [3.63, 3.8) is 0 Å². The van der Waals surface area contributed by atoms with Crippen LogP contribution in [-0.4, -0.2) is 25.6 Å². The molecule has 106 valence electrons. The summed E-state index contributed by atoms with van der Waals surface area (Å²) in [7, 11) is 4.14. The van der Waals surface area contributed by atoms with E-state index >= 15 is 0 Å². The number of nitrogens with one attached hydrogen (secondary N) is 1. The maximum absolute atomic E-state index is 4.85. The number of aromatic nitrogens is 1. The summed E-state index contributed by atoms with van der Waals surface area (Å²) in [5, 5.41) is 4.72. The Morgan fingerprint density at radius 3 is 2.95 bits per heavy atom. The molecule has 2 heterocycles. The highest BCUT2D eigenvalue weighted by Gasteiger charge is 2.13. The molecule has 0 saturated carbocycles. The Hall–Kier alpha value is -1.94. The smallest absolute Gasteiger partial charge is 0.201 e. The van der Waals surface area contributed by atoms with E-state index in [2.05, 4.69) is 54.3 Å². The van der Waals surface area contributed by atoms with Crippen LogP contribution in [0.5, 0.6) is 0 Å². The van der Waals surface area contributed by atoms with E-state index in [9.17, 15) is 0 Å². The molecule has 0 fully saturated rings. The molecule has 3 nitrogen and oxygen atoms in total. The number of aryl methyl sites for hydroxylation is 1. The molecule has 0 spiro atoms. The van der Waals surface area contributed by atoms with Gasteiger partial charge >= 0.3 is 0 Å². The van der Waals surface area contributed by atoms with E-state index < -0.39 is 0 Å². The van der Waals surface area contributed by atoms with Crippen LogP contribution in [0.1, 0.15) is 12.0 Å². The van der Waals surface area contributed by atoms with Gasteiger partial charge in [-0.15, -0.1) is 11.3 Å². The highest BCUT2D eigenvalue weighted by molar-refractivity contribution is 7.21. The summed E-state index contributed by atoms with van der Waals surface area (Å²) in [6.07, 6.45) is 2.37. The molecule has 0 amide bonds. The summed E-state index contributed by atoms with van der Waals surface area (Å²) in [5.74, 6) is 0. The molecule has 4 rings (SSSR count). The van der Waals surface area contributed by atoms with Crippen molar-refractivity contribution < 1.29 is 0 Å². The fourth-order valence-electron chi connectivity index (χ4n) is 2.86. The van der Waals surface area contributed by atoms with Crippen LogP contribution in [0.25, 0.3) is 20.8 Å². The Kier molecular flexibility index (Phi) is 2.93. The van der Waals surface area contributed by atoms with Crippen molar-refractivity contribution in [1.29, 1.82) is 0 Å². The first-order valence-corrected chi connectivity index (χ1v) is 8.14. The van der Waals surface area contributed by atoms with Gasteiger partial charge in [0.2, 0.25) is 5.36 Å². The Morgan fingerprint density at radius 2 is 2.10 bits per heavy atom. The van der Waals surface area contributed by atoms with Gasteiger partial charge in [0.1, 0.15) is 14.1 Å². The Labute approximate surface area is 127 Å². The van der Waals surface area contributed by atoms with E-state index in [4.69, 9.17) is 4.98 Å². The second-order valence-electron chi connectivity index (χ2n) is 5.77. The van der Waals surface area contributed by atoms with Crippen LogP contribution in [0.4, 0.5) is 5.69 Å². The van der Waals surface area contributed by atoms with Crippen LogP contribution in [-0.2, 0) is 6.42 Å². The summed E-state index contributed by atoms with van der Waals surface area (Å²) in [6, 6.07) is 11.0. The van der Waals surface area contributed by atoms with Gasteiger partial charge in [0, 0.05) is 24.4 Å². The highest BCUT2D eigenvalue weighted by Crippen LogP contribution is 2.34. The molecule has 3 aliphatic rings. The van der Waals surface area contributed by atoms with Gasteiger partial charge in [0.15, 0.2) is 0 Å². The predicted octanol–water partition coefficient (Wildman–Crippen LogP) is 2.79. The van der Waals surface area contributed by atoms with E-state index in [1.54, 1.807) is 0 Å². The van der Waals surface area contributed by atoms with Crippen molar-refractivity contribution in [2.45, 2.75) is 12.8 Å². The summed E-state index contributed by atoms with van der Waals surface area (Å²) < 4.78 is 3.39. The van der Waals surface area contributed by atoms with Crippen molar-refractivity contribution in [3.8, 4) is 10.6 Å². The number of hydrogen-bond donors (Lipinski definition) is 1. The van der Waals surface area contributed by atoms with Crippen molar-refractivity contribution in [1.82, 2.24) is 9.56 Å². The number of rotatable bonds is 0. The Bertz CT molecular complexity index is 875. The topological polar surface area (TPSA) is 27.9 Å². The van der Waals surface area contributed by atoms with Gasteiger partial charge in [-0.05, 0) is 36.6 Å². The molecule has 1 aliphatic carbocycles. The maximum atomic E-state index is 4.85. The van der Waals surface area contributed by atoms with E-state index in [0.29, 0.717) is 0 Å². The van der Waals surface area contributed by atoms with Crippen LogP contribution in [0, 0.1) is 0 Å². The zero-order chi connectivity index (χ0) is 14.4. The van der Waals surface area contributed by atoms with Crippen molar-refractivity contribution in [2.24, 2.45) is 0 Å². The largest absolute Gasteiger partial charge is 0.385 e. The average molecular weight is 296 g/mol. The van der Waals surface area contributed by atoms with Crippen LogP contribution in [0.3, 0.4) is 0 Å². The van der Waals surface area contributed by atoms with Gasteiger partial charge < -0.3 is 5.32 Å². The van der Waals surface area contributed by atoms with Crippen LogP contribution in [0.15, 0.2) is 30.3 Å². The van der Waals surface area contributed by atoms with Crippen molar-refractivity contribution >= 4 is 27.2 Å². The second kappa shape index (κ2) is 4.81. The van der Waals surface area contributed by atoms with Gasteiger partial charge in [-0.25, -0.2) is 9.56 Å². The number of fused-ring (bicyclic) bond motifs is 3. The van der Waals surface area contributed by atoms with Crippen molar-refractivity contribution in [3.05, 3.63) is 41.3 Å². The van der Waals surface area contributed by atoms with Crippen LogP contribution >= 0.6 is 11.3 Å². The average Bonchev–Trinajstić information content (AvgIpc) is 2.50. The Morgan fingerprint density at radius 1 is 1.19 bits per heavy atom. The lowest BCUT2D eigenvalue weighted by molar-refractivity contribution is 0.814. The lowest BCUT2D eigenvalue weighted by Crippen LogP contribution is -2.21. The first kappa shape index (κ1) is 12.8. The first-order valence-electron chi connectivity index (χ1n) is 7.32. The molecule has 1 N–H and O–H groups in total. The molecule has 2 aliphatic heterocycles. The molecule has 0 aromatic heterocycles. The monoisotopic (exact) mass is 296 g/mol. The van der Waals surface area contributed by atoms with Gasteiger partial charge in [0.05, 0.1) is 20.8 Å². The Balaban J connectivity index is 2.01. The van der Waals surface area contributed by atoms with Gasteiger partial charge in [-0.2, -0.15) is 0 Å². The number of benzene rings is 2. The third-order valence-corrected chi connectivity index (χ3v) is 5.14. The maximum Gasteiger partial charge on any atom is 0.201 e. The molecule has 1 aromatic rings. The zero-order valence-electron chi connectivity index (χ0n) is 12.3. The minimum absolute atomic E-state index is 1.08. The minimum atomic E-state index is 1.08. The lowest BCUT2D eigenvalue weighted by Gasteiger charge is -2.18. The summed E-state index contributed by atoms with van der Waals surface area (Å²) in [6.45, 7) is 1.08. The normalized spacial score (nSPS) is 14.0. The number of hydrogen-bond acceptors (Lipinski definition) is 3. The number of anilines is 1. The summed E-state index contributed by atoms with van der Waals surface area (Å²) >= 11 is 1.83. The van der Waals surface area contributed by atoms with Gasteiger partial charge in [-0.1, -0.05) is 0 Å². The molecule has 21 heavy (non-hydrogen) atoms. The fourth-order valence-corrected chi connectivity index (χ4v) is 3.88. The standard InChI is InChI=1S/C17H17N3S/c1-20(2)12-5-6-13-16(9-12)21-17-10-14-11(4-3-7-18-14)8-15(17)19-13/h5-6,8-10H,3-4,7H2,1-2H3/p+1. The molecule has 0 bridgehead atoms. The minimum Gasteiger partial charge on any atom is -0.385 e. The SMILES string of the molecule is C[N+](C)=c1ccc2nc3cc4c(cc3sc-2c1)NCCC4. The molecule has 1 aromatic carbocycles. The van der Waals surface area contributed by atoms with Crippen LogP contribution < -0.4 is 15.2 Å². The predicted molar refractivity (Wildman–Crippen MR) is 90.2 cm³/mol. The fraction of sp³-hybridized carbons (Fsp3) is 0.294. The highest BCUT2D eigenvalue weighted by atomic mass is 32.1. The summed E-state index contributed by atoms with van der Waals surface area (Å²) in [5.41, 5.74) is 4.89. The lowest BCUT2D eigenvalue weighted by atomic mass is 10.0. The zero-order valence-corrected chi connectivity index (χ0v) is 13.1. The van der Waals surface area contributed by atoms with E-state index in [-0.39, 0.29) is 0 Å². The molecule has 0 saturated heterocycles. The van der Waals surface area contributed by atoms with Gasteiger partial charge in [-0.3, -0.25) is 0 Å². The molecule has 4 heteroatoms. The van der Waals surface area contributed by atoms with E-state index in [0.717, 1.165) is 24.2 Å². The third-order valence-electron chi connectivity index (χ3n) is 4.04. The number of nitrogens with zero attached hydrogens (tertiary/aromatic N) is 2. The van der Waals surface area contributed by atoms with Gasteiger partial charge in [0.25, 0.3) is 0 Å². The quantitative estimate of drug-likeness (QED) is 0.510. The molecular formula is C17H18N3S+. The molecule has 0 atom stereocenters. The van der Waals surface area contributed by atoms with E-state index in [1.807, 2.05) is 11.3 Å². The second-order valence-corrected chi connectivity index (χ2v) is 6.85. The molecular weight excluding hydrogens is 278 g/mol. The van der Waals surface area contributed by atoms with Crippen LogP contribution in [0.2, 0.25) is 0 Å². The first-order chi connectivity index (χ1) is 10.2. The summed E-state index contributed by atoms with van der Waals surface area (Å²) in [4.78, 5) is 6.09.